The van der Waals surface area contributed by atoms with Crippen LogP contribution < -0.4 is 4.90 Å². The molecule has 3 fully saturated rings. The van der Waals surface area contributed by atoms with Gasteiger partial charge in [-0.2, -0.15) is 0 Å². The first-order valence-electron chi connectivity index (χ1n) is 10.7. The first-order valence-corrected chi connectivity index (χ1v) is 10.7. The molecule has 2 amide bonds. The summed E-state index contributed by atoms with van der Waals surface area (Å²) in [7, 11) is 0. The zero-order chi connectivity index (χ0) is 20.0. The van der Waals surface area contributed by atoms with Crippen LogP contribution in [0, 0.1) is 0 Å². The second-order valence-corrected chi connectivity index (χ2v) is 8.53. The molecular formula is C23H28N4O2. The minimum Gasteiger partial charge on any atom is -0.368 e. The van der Waals surface area contributed by atoms with E-state index in [1.807, 2.05) is 0 Å². The van der Waals surface area contributed by atoms with Gasteiger partial charge in [-0.25, -0.2) is 0 Å². The maximum atomic E-state index is 12.9. The third-order valence-electron chi connectivity index (χ3n) is 6.72. The van der Waals surface area contributed by atoms with Crippen LogP contribution in [-0.2, 0) is 9.59 Å². The highest BCUT2D eigenvalue weighted by Crippen LogP contribution is 2.29. The summed E-state index contributed by atoms with van der Waals surface area (Å²) >= 11 is 0. The fourth-order valence-electron chi connectivity index (χ4n) is 5.11. The van der Waals surface area contributed by atoms with Crippen LogP contribution in [0.4, 0.5) is 5.69 Å². The molecule has 0 aliphatic carbocycles. The molecule has 3 heterocycles. The topological polar surface area (TPSA) is 47.1 Å². The Morgan fingerprint density at radius 2 is 1.83 bits per heavy atom. The van der Waals surface area contributed by atoms with Crippen molar-refractivity contribution < 1.29 is 9.59 Å². The monoisotopic (exact) mass is 392 g/mol. The van der Waals surface area contributed by atoms with Crippen molar-refractivity contribution in [1.82, 2.24) is 14.7 Å². The fraction of sp³-hybridized carbons (Fsp3) is 0.478. The first-order chi connectivity index (χ1) is 14.1. The van der Waals surface area contributed by atoms with Gasteiger partial charge in [0.25, 0.3) is 0 Å². The third kappa shape index (κ3) is 3.25. The van der Waals surface area contributed by atoms with Gasteiger partial charge < -0.3 is 14.7 Å². The zero-order valence-corrected chi connectivity index (χ0v) is 17.0. The summed E-state index contributed by atoms with van der Waals surface area (Å²) in [5, 5.41) is 2.55. The van der Waals surface area contributed by atoms with Crippen molar-refractivity contribution in [2.24, 2.45) is 0 Å². The number of piperazine rings is 2. The van der Waals surface area contributed by atoms with Gasteiger partial charge >= 0.3 is 0 Å². The van der Waals surface area contributed by atoms with E-state index in [0.29, 0.717) is 12.7 Å². The molecule has 0 N–H and O–H groups in total. The third-order valence-corrected chi connectivity index (χ3v) is 6.72. The van der Waals surface area contributed by atoms with E-state index in [-0.39, 0.29) is 24.4 Å². The van der Waals surface area contributed by atoms with Gasteiger partial charge in [-0.05, 0) is 31.2 Å². The number of fused-ring (bicyclic) bond motifs is 2. The van der Waals surface area contributed by atoms with Gasteiger partial charge in [-0.3, -0.25) is 14.5 Å². The SMILES string of the molecule is CC1CN(c2cccc3ccccc23)CCN1CN1CC(=O)N2CCC[C@H]2C1=O. The van der Waals surface area contributed by atoms with Crippen molar-refractivity contribution in [2.75, 3.05) is 44.3 Å². The normalized spacial score (nSPS) is 25.8. The molecule has 2 aromatic rings. The van der Waals surface area contributed by atoms with E-state index in [1.165, 1.54) is 16.5 Å². The molecule has 0 spiro atoms. The van der Waals surface area contributed by atoms with Crippen molar-refractivity contribution in [3.05, 3.63) is 42.5 Å². The largest absolute Gasteiger partial charge is 0.368 e. The summed E-state index contributed by atoms with van der Waals surface area (Å²) in [6.07, 6.45) is 1.75. The summed E-state index contributed by atoms with van der Waals surface area (Å²) in [5.41, 5.74) is 1.28. The van der Waals surface area contributed by atoms with Gasteiger partial charge in [-0.1, -0.05) is 36.4 Å². The maximum Gasteiger partial charge on any atom is 0.246 e. The number of benzene rings is 2. The van der Waals surface area contributed by atoms with Gasteiger partial charge in [0.2, 0.25) is 11.8 Å². The number of carbonyl (C=O) groups is 2. The maximum absolute atomic E-state index is 12.9. The molecule has 2 aromatic carbocycles. The van der Waals surface area contributed by atoms with Gasteiger partial charge in [0.05, 0.1) is 6.67 Å². The number of carbonyl (C=O) groups excluding carboxylic acids is 2. The van der Waals surface area contributed by atoms with Crippen molar-refractivity contribution in [3.8, 4) is 0 Å². The number of hydrogen-bond acceptors (Lipinski definition) is 4. The van der Waals surface area contributed by atoms with Crippen LogP contribution >= 0.6 is 0 Å². The van der Waals surface area contributed by atoms with Gasteiger partial charge in [-0.15, -0.1) is 0 Å². The van der Waals surface area contributed by atoms with Gasteiger partial charge in [0, 0.05) is 43.3 Å². The molecule has 0 radical (unpaired) electrons. The van der Waals surface area contributed by atoms with Crippen LogP contribution in [0.2, 0.25) is 0 Å². The fourth-order valence-corrected chi connectivity index (χ4v) is 5.11. The molecular weight excluding hydrogens is 364 g/mol. The highest BCUT2D eigenvalue weighted by molar-refractivity contribution is 5.95. The molecule has 5 rings (SSSR count). The van der Waals surface area contributed by atoms with Crippen molar-refractivity contribution >= 4 is 28.3 Å². The Bertz CT molecular complexity index is 940. The first kappa shape index (κ1) is 18.4. The zero-order valence-electron chi connectivity index (χ0n) is 17.0. The molecule has 0 saturated carbocycles. The quantitative estimate of drug-likeness (QED) is 0.803. The Kier molecular flexibility index (Phi) is 4.66. The summed E-state index contributed by atoms with van der Waals surface area (Å²) in [6.45, 7) is 6.46. The lowest BCUT2D eigenvalue weighted by molar-refractivity contribution is -0.156. The van der Waals surface area contributed by atoms with E-state index >= 15 is 0 Å². The van der Waals surface area contributed by atoms with Gasteiger partial charge in [0.1, 0.15) is 12.6 Å². The summed E-state index contributed by atoms with van der Waals surface area (Å²) in [5.74, 6) is 0.236. The van der Waals surface area contributed by atoms with E-state index in [0.717, 1.165) is 39.0 Å². The van der Waals surface area contributed by atoms with Crippen LogP contribution in [0.5, 0.6) is 0 Å². The van der Waals surface area contributed by atoms with Crippen molar-refractivity contribution in [1.29, 1.82) is 0 Å². The van der Waals surface area contributed by atoms with Gasteiger partial charge in [0.15, 0.2) is 0 Å². The smallest absolute Gasteiger partial charge is 0.246 e. The second kappa shape index (κ2) is 7.34. The van der Waals surface area contributed by atoms with E-state index in [1.54, 1.807) is 9.80 Å². The molecule has 6 heteroatoms. The van der Waals surface area contributed by atoms with Crippen LogP contribution in [0.25, 0.3) is 10.8 Å². The summed E-state index contributed by atoms with van der Waals surface area (Å²) in [4.78, 5) is 33.6. The average Bonchev–Trinajstić information content (AvgIpc) is 3.24. The second-order valence-electron chi connectivity index (χ2n) is 8.53. The molecule has 6 nitrogen and oxygen atoms in total. The Balaban J connectivity index is 1.28. The lowest BCUT2D eigenvalue weighted by Gasteiger charge is -2.45. The lowest BCUT2D eigenvalue weighted by atomic mass is 10.1. The standard InChI is InChI=1S/C23H28N4O2/c1-17-14-24(20-9-4-7-18-6-2-3-8-19(18)20)12-13-25(17)16-26-15-22(28)27-11-5-10-21(27)23(26)29/h2-4,6-9,17,21H,5,10-16H2,1H3/t17?,21-/m0/s1. The molecule has 0 bridgehead atoms. The van der Waals surface area contributed by atoms with Crippen molar-refractivity contribution in [3.63, 3.8) is 0 Å². The highest BCUT2D eigenvalue weighted by atomic mass is 16.2. The Morgan fingerprint density at radius 3 is 2.69 bits per heavy atom. The van der Waals surface area contributed by atoms with Crippen LogP contribution in [0.3, 0.4) is 0 Å². The molecule has 1 unspecified atom stereocenters. The van der Waals surface area contributed by atoms with Crippen LogP contribution in [-0.4, -0.2) is 78.0 Å². The highest BCUT2D eigenvalue weighted by Gasteiger charge is 2.42. The number of nitrogens with zero attached hydrogens (tertiary/aromatic N) is 4. The predicted octanol–water partition coefficient (Wildman–Crippen LogP) is 2.14. The number of rotatable bonds is 3. The predicted molar refractivity (Wildman–Crippen MR) is 114 cm³/mol. The number of amides is 2. The Morgan fingerprint density at radius 1 is 1.00 bits per heavy atom. The summed E-state index contributed by atoms with van der Waals surface area (Å²) < 4.78 is 0. The Hall–Kier alpha value is -2.60. The van der Waals surface area contributed by atoms with E-state index in [2.05, 4.69) is 59.2 Å². The van der Waals surface area contributed by atoms with E-state index in [9.17, 15) is 9.59 Å². The molecule has 0 aromatic heterocycles. The number of hydrogen-bond donors (Lipinski definition) is 0. The minimum atomic E-state index is -0.219. The van der Waals surface area contributed by atoms with Crippen LogP contribution in [0.15, 0.2) is 42.5 Å². The molecule has 3 aliphatic rings. The molecule has 2 atom stereocenters. The number of anilines is 1. The van der Waals surface area contributed by atoms with E-state index < -0.39 is 0 Å². The molecule has 3 aliphatic heterocycles. The average molecular weight is 393 g/mol. The van der Waals surface area contributed by atoms with Crippen molar-refractivity contribution in [2.45, 2.75) is 31.8 Å². The molecule has 29 heavy (non-hydrogen) atoms. The lowest BCUT2D eigenvalue weighted by Crippen LogP contribution is -2.62. The van der Waals surface area contributed by atoms with Crippen LogP contribution in [0.1, 0.15) is 19.8 Å². The van der Waals surface area contributed by atoms with E-state index in [4.69, 9.17) is 0 Å². The minimum absolute atomic E-state index is 0.106. The molecule has 152 valence electrons. The summed E-state index contributed by atoms with van der Waals surface area (Å²) in [6, 6.07) is 15.1. The molecule has 3 saturated heterocycles. The Labute approximate surface area is 171 Å².